The van der Waals surface area contributed by atoms with E-state index in [4.69, 9.17) is 24.7 Å². The summed E-state index contributed by atoms with van der Waals surface area (Å²) in [4.78, 5) is 8.89. The number of rotatable bonds is 14. The summed E-state index contributed by atoms with van der Waals surface area (Å²) in [6, 6.07) is 3.55. The highest BCUT2D eigenvalue weighted by Gasteiger charge is 2.48. The Hall–Kier alpha value is -3.28. The molecule has 0 fully saturated rings. The molecule has 0 saturated carbocycles. The van der Waals surface area contributed by atoms with Crippen LogP contribution in [0.2, 0.25) is 0 Å². The van der Waals surface area contributed by atoms with Crippen LogP contribution in [-0.4, -0.2) is 82.9 Å². The van der Waals surface area contributed by atoms with E-state index in [2.05, 4.69) is 15.3 Å². The van der Waals surface area contributed by atoms with E-state index >= 15 is 0 Å². The monoisotopic (exact) mass is 550 g/mol. The highest BCUT2D eigenvalue weighted by Crippen LogP contribution is 2.38. The van der Waals surface area contributed by atoms with Gasteiger partial charge in [0.05, 0.1) is 18.9 Å². The first-order valence-electron chi connectivity index (χ1n) is 12.6. The zero-order valence-electron chi connectivity index (χ0n) is 23.5. The Balaban J connectivity index is 2.34. The molecule has 1 aromatic carbocycles. The number of allylic oxidation sites excluding steroid dienone is 3. The molecule has 9 nitrogen and oxygen atoms in total. The van der Waals surface area contributed by atoms with Crippen molar-refractivity contribution < 1.29 is 32.8 Å². The van der Waals surface area contributed by atoms with Crippen molar-refractivity contribution in [3.8, 4) is 11.5 Å². The van der Waals surface area contributed by atoms with Gasteiger partial charge in [-0.1, -0.05) is 6.08 Å². The minimum absolute atomic E-state index is 0.164. The lowest BCUT2D eigenvalue weighted by Gasteiger charge is -2.30. The number of benzene rings is 1. The van der Waals surface area contributed by atoms with E-state index in [0.29, 0.717) is 55.0 Å². The summed E-state index contributed by atoms with van der Waals surface area (Å²) in [5.74, 6) is -1.98. The summed E-state index contributed by atoms with van der Waals surface area (Å²) < 4.78 is 51.5. The summed E-state index contributed by atoms with van der Waals surface area (Å²) in [6.07, 6.45) is 6.08. The topological polar surface area (TPSA) is 120 Å². The van der Waals surface area contributed by atoms with Gasteiger partial charge >= 0.3 is 0 Å². The molecular formula is C28H40F2N4O5. The number of aliphatic hydroxyl groups is 1. The van der Waals surface area contributed by atoms with E-state index in [1.54, 1.807) is 52.6 Å². The summed E-state index contributed by atoms with van der Waals surface area (Å²) in [7, 11) is 4.81. The fraction of sp³-hybridized carbons (Fsp3) is 0.500. The molecule has 0 amide bonds. The molecule has 1 aromatic rings. The summed E-state index contributed by atoms with van der Waals surface area (Å²) in [6.45, 7) is 5.64. The minimum atomic E-state index is -3.47. The van der Waals surface area contributed by atoms with Crippen LogP contribution in [0.5, 0.6) is 11.5 Å². The molecule has 4 N–H and O–H groups in total. The van der Waals surface area contributed by atoms with Crippen molar-refractivity contribution >= 4 is 17.7 Å². The highest BCUT2D eigenvalue weighted by atomic mass is 19.3. The Labute approximate surface area is 229 Å². The number of ether oxygens (including phenoxy) is 4. The van der Waals surface area contributed by atoms with E-state index in [1.165, 1.54) is 12.2 Å². The van der Waals surface area contributed by atoms with E-state index in [-0.39, 0.29) is 24.2 Å². The average molecular weight is 551 g/mol. The van der Waals surface area contributed by atoms with Gasteiger partial charge in [-0.25, -0.2) is 0 Å². The molecule has 0 spiro atoms. The van der Waals surface area contributed by atoms with Gasteiger partial charge in [-0.2, -0.15) is 8.78 Å². The highest BCUT2D eigenvalue weighted by molar-refractivity contribution is 6.04. The Bertz CT molecular complexity index is 1120. The molecule has 1 aliphatic rings. The molecule has 1 aliphatic carbocycles. The van der Waals surface area contributed by atoms with E-state index in [1.807, 2.05) is 0 Å². The van der Waals surface area contributed by atoms with Crippen LogP contribution in [0.25, 0.3) is 0 Å². The second kappa shape index (κ2) is 14.8. The van der Waals surface area contributed by atoms with Crippen LogP contribution in [0.15, 0.2) is 57.2 Å². The van der Waals surface area contributed by atoms with Gasteiger partial charge in [0, 0.05) is 56.9 Å². The Morgan fingerprint density at radius 2 is 1.69 bits per heavy atom. The molecule has 0 aromatic heterocycles. The molecular weight excluding hydrogens is 510 g/mol. The maximum Gasteiger partial charge on any atom is 0.300 e. The van der Waals surface area contributed by atoms with Crippen molar-refractivity contribution in [3.63, 3.8) is 0 Å². The quantitative estimate of drug-likeness (QED) is 0.182. The van der Waals surface area contributed by atoms with Gasteiger partial charge in [0.15, 0.2) is 11.5 Å². The Kier molecular flexibility index (Phi) is 12.1. The largest absolute Gasteiger partial charge is 0.487 e. The first-order chi connectivity index (χ1) is 18.5. The van der Waals surface area contributed by atoms with Crippen LogP contribution in [0.4, 0.5) is 14.5 Å². The fourth-order valence-electron chi connectivity index (χ4n) is 3.68. The molecule has 39 heavy (non-hydrogen) atoms. The van der Waals surface area contributed by atoms with E-state index in [9.17, 15) is 13.9 Å². The molecule has 0 unspecified atom stereocenters. The predicted octanol–water partition coefficient (Wildman–Crippen LogP) is 3.93. The van der Waals surface area contributed by atoms with Crippen molar-refractivity contribution in [1.82, 2.24) is 5.32 Å². The molecule has 0 saturated heterocycles. The zero-order chi connectivity index (χ0) is 29.1. The third-order valence-electron chi connectivity index (χ3n) is 5.79. The van der Waals surface area contributed by atoms with Crippen molar-refractivity contribution in [3.05, 3.63) is 52.8 Å². The number of methoxy groups -OCH3 is 2. The van der Waals surface area contributed by atoms with Crippen molar-refractivity contribution in [2.75, 3.05) is 54.2 Å². The smallest absolute Gasteiger partial charge is 0.300 e. The van der Waals surface area contributed by atoms with Crippen molar-refractivity contribution in [2.24, 2.45) is 15.7 Å². The van der Waals surface area contributed by atoms with Crippen LogP contribution in [-0.2, 0) is 9.47 Å². The lowest BCUT2D eigenvalue weighted by molar-refractivity contribution is -0.133. The Morgan fingerprint density at radius 3 is 2.23 bits per heavy atom. The number of nitrogens with zero attached hydrogens (tertiary/aromatic N) is 2. The number of hydrogen-bond donors (Lipinski definition) is 3. The van der Waals surface area contributed by atoms with Crippen LogP contribution >= 0.6 is 0 Å². The van der Waals surface area contributed by atoms with Crippen LogP contribution in [0, 0.1) is 0 Å². The van der Waals surface area contributed by atoms with Crippen LogP contribution < -0.4 is 20.5 Å². The molecule has 11 heteroatoms. The predicted molar refractivity (Wildman–Crippen MR) is 150 cm³/mol. The number of amidine groups is 1. The maximum absolute atomic E-state index is 14.8. The number of nitrogens with two attached hydrogens (primary N) is 1. The minimum Gasteiger partial charge on any atom is -0.487 e. The fourth-order valence-corrected chi connectivity index (χ4v) is 3.68. The number of nitrogens with one attached hydrogen (secondary N) is 1. The van der Waals surface area contributed by atoms with Gasteiger partial charge in [0.2, 0.25) is 0 Å². The summed E-state index contributed by atoms with van der Waals surface area (Å²) >= 11 is 0. The third kappa shape index (κ3) is 8.87. The molecule has 0 bridgehead atoms. The van der Waals surface area contributed by atoms with Gasteiger partial charge in [0.25, 0.3) is 5.92 Å². The van der Waals surface area contributed by atoms with Gasteiger partial charge < -0.3 is 35.1 Å². The van der Waals surface area contributed by atoms with Crippen LogP contribution in [0.3, 0.4) is 0 Å². The van der Waals surface area contributed by atoms with E-state index in [0.717, 1.165) is 19.4 Å². The lowest BCUT2D eigenvalue weighted by atomic mass is 9.92. The third-order valence-corrected chi connectivity index (χ3v) is 5.79. The van der Waals surface area contributed by atoms with Crippen molar-refractivity contribution in [2.45, 2.75) is 38.7 Å². The molecule has 0 atom stereocenters. The number of halogens is 2. The molecule has 216 valence electrons. The number of hydrogen-bond acceptors (Lipinski definition) is 8. The first kappa shape index (κ1) is 31.9. The number of alkyl halides is 2. The van der Waals surface area contributed by atoms with Gasteiger partial charge in [-0.15, -0.1) is 0 Å². The normalized spacial score (nSPS) is 15.0. The molecule has 0 radical (unpaired) electrons. The molecule has 0 heterocycles. The Morgan fingerprint density at radius 1 is 1.08 bits per heavy atom. The second-order valence-electron chi connectivity index (χ2n) is 9.26. The molecule has 2 rings (SSSR count). The van der Waals surface area contributed by atoms with E-state index < -0.39 is 11.5 Å². The maximum atomic E-state index is 14.8. The first-order valence-corrected chi connectivity index (χ1v) is 12.6. The average Bonchev–Trinajstić information content (AvgIpc) is 3.07. The van der Waals surface area contributed by atoms with Gasteiger partial charge in [0.1, 0.15) is 24.7 Å². The van der Waals surface area contributed by atoms with Crippen molar-refractivity contribution in [1.29, 1.82) is 0 Å². The lowest BCUT2D eigenvalue weighted by Crippen LogP contribution is -2.43. The standard InChI is InChI=1S/C28H40F2N4O5/c1-7-33-23-17-25(39-13-11-37-6)24(38-12-10-36-5)16-22(23)26(32-4)34-18-19-8-9-20(15-21(31)14-19)28(29,30)27(2,3)35/h7,9,14-17,35H,8,10-13,18,31H2,1-6H3,(H,32,34). The van der Waals surface area contributed by atoms with Gasteiger partial charge in [-0.3, -0.25) is 9.98 Å². The zero-order valence-corrected chi connectivity index (χ0v) is 23.5. The summed E-state index contributed by atoms with van der Waals surface area (Å²) in [5, 5.41) is 13.2. The summed E-state index contributed by atoms with van der Waals surface area (Å²) in [5.41, 5.74) is 5.62. The van der Waals surface area contributed by atoms with Crippen LogP contribution in [0.1, 0.15) is 32.8 Å². The number of aliphatic imine (C=N–C) groups is 2. The second-order valence-corrected chi connectivity index (χ2v) is 9.26. The molecule has 0 aliphatic heterocycles. The SMILES string of the molecule is CC=Nc1cc(OCCOC)c(OCCOC)cc1C(=NC)NCC1=CC(N)=CC(C(F)(F)C(C)(C)O)=CC1. The van der Waals surface area contributed by atoms with Gasteiger partial charge in [-0.05, 0) is 51.0 Å².